The first-order valence-electron chi connectivity index (χ1n) is 5.77. The lowest BCUT2D eigenvalue weighted by Gasteiger charge is -2.15. The fourth-order valence-electron chi connectivity index (χ4n) is 1.45. The van der Waals surface area contributed by atoms with Crippen molar-refractivity contribution in [2.45, 2.75) is 26.4 Å². The molecular formula is C13H21NO2. The monoisotopic (exact) mass is 223 g/mol. The first kappa shape index (κ1) is 12.8. The Balaban J connectivity index is 2.39. The second-order valence-corrected chi connectivity index (χ2v) is 3.75. The fraction of sp³-hybridized carbons (Fsp3) is 0.538. The summed E-state index contributed by atoms with van der Waals surface area (Å²) in [5.41, 5.74) is 0. The summed E-state index contributed by atoms with van der Waals surface area (Å²) in [5, 5.41) is 3.28. The first-order chi connectivity index (χ1) is 7.76. The van der Waals surface area contributed by atoms with Crippen LogP contribution in [0.4, 0.5) is 0 Å². The fourth-order valence-corrected chi connectivity index (χ4v) is 1.45. The van der Waals surface area contributed by atoms with E-state index in [1.54, 1.807) is 7.11 Å². The number of methoxy groups -OCH3 is 1. The van der Waals surface area contributed by atoms with Gasteiger partial charge in [-0.2, -0.15) is 0 Å². The van der Waals surface area contributed by atoms with E-state index in [0.717, 1.165) is 31.0 Å². The van der Waals surface area contributed by atoms with E-state index in [1.165, 1.54) is 0 Å². The summed E-state index contributed by atoms with van der Waals surface area (Å²) in [5.74, 6) is 1.69. The van der Waals surface area contributed by atoms with Crippen LogP contribution in [0.3, 0.4) is 0 Å². The minimum absolute atomic E-state index is 0.214. The van der Waals surface area contributed by atoms with Gasteiger partial charge in [-0.05, 0) is 38.6 Å². The van der Waals surface area contributed by atoms with Crippen molar-refractivity contribution in [3.63, 3.8) is 0 Å². The van der Waals surface area contributed by atoms with Gasteiger partial charge in [-0.25, -0.2) is 0 Å². The maximum atomic E-state index is 5.78. The molecule has 0 aliphatic heterocycles. The van der Waals surface area contributed by atoms with Crippen LogP contribution in [-0.2, 0) is 0 Å². The maximum absolute atomic E-state index is 5.78. The van der Waals surface area contributed by atoms with Gasteiger partial charge in [0.1, 0.15) is 11.5 Å². The van der Waals surface area contributed by atoms with Crippen molar-refractivity contribution in [1.29, 1.82) is 0 Å². The summed E-state index contributed by atoms with van der Waals surface area (Å²) in [6.45, 7) is 6.18. The molecule has 1 rings (SSSR count). The molecule has 0 spiro atoms. The zero-order valence-electron chi connectivity index (χ0n) is 10.3. The van der Waals surface area contributed by atoms with Crippen molar-refractivity contribution in [2.75, 3.05) is 20.2 Å². The summed E-state index contributed by atoms with van der Waals surface area (Å²) < 4.78 is 10.9. The van der Waals surface area contributed by atoms with Crippen molar-refractivity contribution in [3.8, 4) is 11.5 Å². The number of ether oxygens (including phenoxy) is 2. The second-order valence-electron chi connectivity index (χ2n) is 3.75. The van der Waals surface area contributed by atoms with E-state index in [4.69, 9.17) is 9.47 Å². The number of hydrogen-bond donors (Lipinski definition) is 1. The molecule has 0 fully saturated rings. The van der Waals surface area contributed by atoms with Gasteiger partial charge in [-0.15, -0.1) is 0 Å². The zero-order chi connectivity index (χ0) is 11.8. The summed E-state index contributed by atoms with van der Waals surface area (Å²) in [6.07, 6.45) is 1.22. The number of nitrogens with one attached hydrogen (secondary N) is 1. The molecule has 16 heavy (non-hydrogen) atoms. The normalized spacial score (nSPS) is 12.2. The molecule has 0 aliphatic rings. The molecule has 1 aromatic rings. The molecule has 3 heteroatoms. The van der Waals surface area contributed by atoms with Gasteiger partial charge in [0.2, 0.25) is 0 Å². The number of benzene rings is 1. The average Bonchev–Trinajstić information content (AvgIpc) is 2.29. The van der Waals surface area contributed by atoms with Crippen molar-refractivity contribution < 1.29 is 9.47 Å². The maximum Gasteiger partial charge on any atom is 0.123 e. The van der Waals surface area contributed by atoms with E-state index in [-0.39, 0.29) is 6.10 Å². The lowest BCUT2D eigenvalue weighted by molar-refractivity contribution is 0.209. The third kappa shape index (κ3) is 4.53. The van der Waals surface area contributed by atoms with Crippen molar-refractivity contribution in [3.05, 3.63) is 24.3 Å². The molecular weight excluding hydrogens is 202 g/mol. The molecule has 1 atom stereocenters. The molecule has 3 nitrogen and oxygen atoms in total. The summed E-state index contributed by atoms with van der Waals surface area (Å²) in [7, 11) is 1.66. The molecule has 90 valence electrons. The Morgan fingerprint density at radius 2 is 2.06 bits per heavy atom. The van der Waals surface area contributed by atoms with Gasteiger partial charge in [0.25, 0.3) is 0 Å². The minimum atomic E-state index is 0.214. The Labute approximate surface area is 97.8 Å². The Morgan fingerprint density at radius 3 is 2.75 bits per heavy atom. The van der Waals surface area contributed by atoms with E-state index in [2.05, 4.69) is 19.2 Å². The minimum Gasteiger partial charge on any atom is -0.497 e. The molecule has 0 saturated carbocycles. The van der Waals surface area contributed by atoms with Crippen molar-refractivity contribution in [2.24, 2.45) is 0 Å². The van der Waals surface area contributed by atoms with Crippen LogP contribution in [0.2, 0.25) is 0 Å². The highest BCUT2D eigenvalue weighted by Crippen LogP contribution is 2.20. The predicted octanol–water partition coefficient (Wildman–Crippen LogP) is 2.46. The van der Waals surface area contributed by atoms with Gasteiger partial charge in [0, 0.05) is 6.07 Å². The molecule has 0 heterocycles. The molecule has 1 N–H and O–H groups in total. The van der Waals surface area contributed by atoms with Crippen LogP contribution in [-0.4, -0.2) is 26.3 Å². The van der Waals surface area contributed by atoms with Gasteiger partial charge >= 0.3 is 0 Å². The van der Waals surface area contributed by atoms with Crippen LogP contribution in [0.25, 0.3) is 0 Å². The van der Waals surface area contributed by atoms with Crippen LogP contribution >= 0.6 is 0 Å². The first-order valence-corrected chi connectivity index (χ1v) is 5.77. The second kappa shape index (κ2) is 7.12. The Morgan fingerprint density at radius 1 is 1.31 bits per heavy atom. The standard InChI is InChI=1S/C13H21NO2/c1-4-14-9-8-11(2)16-13-7-5-6-12(10-13)15-3/h5-7,10-11,14H,4,8-9H2,1-3H3. The van der Waals surface area contributed by atoms with Crippen LogP contribution < -0.4 is 14.8 Å². The van der Waals surface area contributed by atoms with Gasteiger partial charge in [-0.3, -0.25) is 0 Å². The van der Waals surface area contributed by atoms with Crippen LogP contribution in [0.15, 0.2) is 24.3 Å². The van der Waals surface area contributed by atoms with E-state index < -0.39 is 0 Å². The quantitative estimate of drug-likeness (QED) is 0.720. The highest BCUT2D eigenvalue weighted by atomic mass is 16.5. The van der Waals surface area contributed by atoms with Gasteiger partial charge in [0.15, 0.2) is 0 Å². The lowest BCUT2D eigenvalue weighted by Crippen LogP contribution is -2.21. The zero-order valence-corrected chi connectivity index (χ0v) is 10.3. The molecule has 1 unspecified atom stereocenters. The van der Waals surface area contributed by atoms with Gasteiger partial charge in [-0.1, -0.05) is 13.0 Å². The van der Waals surface area contributed by atoms with Crippen LogP contribution in [0.1, 0.15) is 20.3 Å². The van der Waals surface area contributed by atoms with E-state index in [0.29, 0.717) is 0 Å². The van der Waals surface area contributed by atoms with Gasteiger partial charge in [0.05, 0.1) is 13.2 Å². The smallest absolute Gasteiger partial charge is 0.123 e. The van der Waals surface area contributed by atoms with Crippen molar-refractivity contribution >= 4 is 0 Å². The molecule has 0 bridgehead atoms. The molecule has 0 amide bonds. The molecule has 0 radical (unpaired) electrons. The molecule has 0 aliphatic carbocycles. The van der Waals surface area contributed by atoms with Crippen LogP contribution in [0, 0.1) is 0 Å². The lowest BCUT2D eigenvalue weighted by atomic mass is 10.2. The van der Waals surface area contributed by atoms with Crippen LogP contribution in [0.5, 0.6) is 11.5 Å². The van der Waals surface area contributed by atoms with Gasteiger partial charge < -0.3 is 14.8 Å². The molecule has 0 saturated heterocycles. The van der Waals surface area contributed by atoms with E-state index >= 15 is 0 Å². The topological polar surface area (TPSA) is 30.5 Å². The summed E-state index contributed by atoms with van der Waals surface area (Å²) in [4.78, 5) is 0. The highest BCUT2D eigenvalue weighted by molar-refractivity contribution is 5.32. The summed E-state index contributed by atoms with van der Waals surface area (Å²) >= 11 is 0. The largest absolute Gasteiger partial charge is 0.497 e. The van der Waals surface area contributed by atoms with E-state index in [9.17, 15) is 0 Å². The highest BCUT2D eigenvalue weighted by Gasteiger charge is 2.04. The predicted molar refractivity (Wildman–Crippen MR) is 66.2 cm³/mol. The Bertz CT molecular complexity index is 302. The number of hydrogen-bond acceptors (Lipinski definition) is 3. The SMILES string of the molecule is CCNCCC(C)Oc1cccc(OC)c1. The molecule has 0 aromatic heterocycles. The molecule has 1 aromatic carbocycles. The third-order valence-electron chi connectivity index (χ3n) is 2.36. The number of rotatable bonds is 7. The Kier molecular flexibility index (Phi) is 5.72. The van der Waals surface area contributed by atoms with Crippen molar-refractivity contribution in [1.82, 2.24) is 5.32 Å². The average molecular weight is 223 g/mol. The van der Waals surface area contributed by atoms with E-state index in [1.807, 2.05) is 24.3 Å². The summed E-state index contributed by atoms with van der Waals surface area (Å²) in [6, 6.07) is 7.71. The third-order valence-corrected chi connectivity index (χ3v) is 2.36. The Hall–Kier alpha value is -1.22.